The van der Waals surface area contributed by atoms with Gasteiger partial charge in [-0.3, -0.25) is 0 Å². The van der Waals surface area contributed by atoms with Crippen LogP contribution in [0.5, 0.6) is 5.75 Å². The lowest BCUT2D eigenvalue weighted by Gasteiger charge is -2.19. The lowest BCUT2D eigenvalue weighted by Crippen LogP contribution is -2.10. The van der Waals surface area contributed by atoms with E-state index in [1.165, 1.54) is 18.2 Å². The molecule has 0 saturated heterocycles. The molecule has 0 aliphatic heterocycles. The average Bonchev–Trinajstić information content (AvgIpc) is 2.62. The highest BCUT2D eigenvalue weighted by molar-refractivity contribution is 5.81. The SMILES string of the molecule is CCOC(=O)/C=C/C[C@H](Nc1ccc(OC)cc1)c1ccc(F)cc1. The predicted octanol–water partition coefficient (Wildman–Crippen LogP) is 4.50. The van der Waals surface area contributed by atoms with E-state index in [0.717, 1.165) is 17.0 Å². The highest BCUT2D eigenvalue weighted by atomic mass is 19.1. The Kier molecular flexibility index (Phi) is 7.01. The number of rotatable bonds is 8. The minimum Gasteiger partial charge on any atom is -0.497 e. The maximum absolute atomic E-state index is 13.2. The third kappa shape index (κ3) is 5.95. The number of anilines is 1. The second-order valence-corrected chi connectivity index (χ2v) is 5.37. The van der Waals surface area contributed by atoms with Crippen molar-refractivity contribution in [2.75, 3.05) is 19.0 Å². The van der Waals surface area contributed by atoms with Crippen molar-refractivity contribution in [1.29, 1.82) is 0 Å². The van der Waals surface area contributed by atoms with E-state index in [1.54, 1.807) is 32.2 Å². The standard InChI is InChI=1S/C20H22FNO3/c1-3-25-20(23)6-4-5-19(15-7-9-16(21)10-8-15)22-17-11-13-18(24-2)14-12-17/h4,6-14,19,22H,3,5H2,1-2H3/b6-4+/t19-/m0/s1. The van der Waals surface area contributed by atoms with E-state index in [0.29, 0.717) is 13.0 Å². The molecule has 0 aliphatic carbocycles. The summed E-state index contributed by atoms with van der Waals surface area (Å²) >= 11 is 0. The Hall–Kier alpha value is -2.82. The number of benzene rings is 2. The minimum absolute atomic E-state index is 0.111. The van der Waals surface area contributed by atoms with Gasteiger partial charge in [-0.25, -0.2) is 9.18 Å². The number of esters is 1. The molecule has 0 unspecified atom stereocenters. The number of carbonyl (C=O) groups is 1. The number of hydrogen-bond acceptors (Lipinski definition) is 4. The Labute approximate surface area is 147 Å². The number of methoxy groups -OCH3 is 1. The molecule has 5 heteroatoms. The number of nitrogens with one attached hydrogen (secondary N) is 1. The molecule has 132 valence electrons. The van der Waals surface area contributed by atoms with Gasteiger partial charge in [0.05, 0.1) is 19.8 Å². The third-order valence-corrected chi connectivity index (χ3v) is 3.62. The van der Waals surface area contributed by atoms with Crippen LogP contribution < -0.4 is 10.1 Å². The van der Waals surface area contributed by atoms with Gasteiger partial charge in [0, 0.05) is 11.8 Å². The second kappa shape index (κ2) is 9.47. The summed E-state index contributed by atoms with van der Waals surface area (Å²) in [6.45, 7) is 2.10. The number of halogens is 1. The Morgan fingerprint density at radius 2 is 1.84 bits per heavy atom. The lowest BCUT2D eigenvalue weighted by molar-refractivity contribution is -0.137. The van der Waals surface area contributed by atoms with E-state index in [-0.39, 0.29) is 17.8 Å². The molecule has 0 heterocycles. The van der Waals surface area contributed by atoms with Crippen LogP contribution in [-0.4, -0.2) is 19.7 Å². The van der Waals surface area contributed by atoms with E-state index >= 15 is 0 Å². The molecule has 0 saturated carbocycles. The molecule has 1 N–H and O–H groups in total. The molecule has 2 rings (SSSR count). The summed E-state index contributed by atoms with van der Waals surface area (Å²) in [5, 5.41) is 3.39. The molecular formula is C20H22FNO3. The van der Waals surface area contributed by atoms with Gasteiger partial charge in [0.25, 0.3) is 0 Å². The molecule has 1 atom stereocenters. The van der Waals surface area contributed by atoms with Crippen molar-refractivity contribution in [2.24, 2.45) is 0 Å². The van der Waals surface area contributed by atoms with Crippen LogP contribution in [0.1, 0.15) is 24.9 Å². The molecule has 0 amide bonds. The zero-order valence-corrected chi connectivity index (χ0v) is 14.4. The van der Waals surface area contributed by atoms with Gasteiger partial charge in [-0.15, -0.1) is 0 Å². The van der Waals surface area contributed by atoms with Gasteiger partial charge in [-0.2, -0.15) is 0 Å². The fourth-order valence-corrected chi connectivity index (χ4v) is 2.35. The van der Waals surface area contributed by atoms with Crippen LogP contribution >= 0.6 is 0 Å². The highest BCUT2D eigenvalue weighted by Crippen LogP contribution is 2.25. The van der Waals surface area contributed by atoms with E-state index in [4.69, 9.17) is 9.47 Å². The van der Waals surface area contributed by atoms with Crippen molar-refractivity contribution in [3.8, 4) is 5.75 Å². The summed E-state index contributed by atoms with van der Waals surface area (Å²) in [6.07, 6.45) is 3.72. The molecule has 2 aromatic rings. The lowest BCUT2D eigenvalue weighted by atomic mass is 10.0. The van der Waals surface area contributed by atoms with Gasteiger partial charge >= 0.3 is 5.97 Å². The van der Waals surface area contributed by atoms with Crippen LogP contribution in [-0.2, 0) is 9.53 Å². The largest absolute Gasteiger partial charge is 0.497 e. The molecule has 0 aromatic heterocycles. The Bertz CT molecular complexity index is 696. The summed E-state index contributed by atoms with van der Waals surface area (Å²) in [5.74, 6) is 0.116. The van der Waals surface area contributed by atoms with E-state index in [9.17, 15) is 9.18 Å². The Balaban J connectivity index is 2.13. The average molecular weight is 343 g/mol. The number of hydrogen-bond donors (Lipinski definition) is 1. The first-order chi connectivity index (χ1) is 12.1. The van der Waals surface area contributed by atoms with Crippen LogP contribution in [0.2, 0.25) is 0 Å². The Morgan fingerprint density at radius 3 is 2.44 bits per heavy atom. The van der Waals surface area contributed by atoms with E-state index < -0.39 is 0 Å². The fraction of sp³-hybridized carbons (Fsp3) is 0.250. The first kappa shape index (κ1) is 18.5. The van der Waals surface area contributed by atoms with Crippen LogP contribution in [0.4, 0.5) is 10.1 Å². The van der Waals surface area contributed by atoms with Gasteiger partial charge < -0.3 is 14.8 Å². The maximum atomic E-state index is 13.2. The Morgan fingerprint density at radius 1 is 1.16 bits per heavy atom. The quantitative estimate of drug-likeness (QED) is 0.566. The second-order valence-electron chi connectivity index (χ2n) is 5.37. The van der Waals surface area contributed by atoms with Crippen molar-refractivity contribution in [2.45, 2.75) is 19.4 Å². The van der Waals surface area contributed by atoms with Crippen molar-refractivity contribution in [1.82, 2.24) is 0 Å². The van der Waals surface area contributed by atoms with Gasteiger partial charge in [-0.1, -0.05) is 18.2 Å². The van der Waals surface area contributed by atoms with Gasteiger partial charge in [0.2, 0.25) is 0 Å². The van der Waals surface area contributed by atoms with E-state index in [1.807, 2.05) is 24.3 Å². The normalized spacial score (nSPS) is 12.0. The zero-order chi connectivity index (χ0) is 18.1. The minimum atomic E-state index is -0.371. The van der Waals surface area contributed by atoms with Gasteiger partial charge in [0.1, 0.15) is 11.6 Å². The summed E-state index contributed by atoms with van der Waals surface area (Å²) in [5.41, 5.74) is 1.82. The molecular weight excluding hydrogens is 321 g/mol. The summed E-state index contributed by atoms with van der Waals surface area (Å²) in [4.78, 5) is 11.4. The maximum Gasteiger partial charge on any atom is 0.330 e. The van der Waals surface area contributed by atoms with Crippen LogP contribution in [0, 0.1) is 5.82 Å². The highest BCUT2D eigenvalue weighted by Gasteiger charge is 2.11. The van der Waals surface area contributed by atoms with Crippen LogP contribution in [0.15, 0.2) is 60.7 Å². The summed E-state index contributed by atoms with van der Waals surface area (Å²) in [6, 6.07) is 13.7. The fourth-order valence-electron chi connectivity index (χ4n) is 2.35. The molecule has 4 nitrogen and oxygen atoms in total. The van der Waals surface area contributed by atoms with Crippen molar-refractivity contribution in [3.63, 3.8) is 0 Å². The van der Waals surface area contributed by atoms with Crippen LogP contribution in [0.3, 0.4) is 0 Å². The zero-order valence-electron chi connectivity index (χ0n) is 14.4. The van der Waals surface area contributed by atoms with Crippen molar-refractivity contribution in [3.05, 3.63) is 72.1 Å². The van der Waals surface area contributed by atoms with Crippen molar-refractivity contribution >= 4 is 11.7 Å². The molecule has 0 radical (unpaired) electrons. The molecule has 0 fully saturated rings. The molecule has 25 heavy (non-hydrogen) atoms. The van der Waals surface area contributed by atoms with E-state index in [2.05, 4.69) is 5.32 Å². The molecule has 2 aromatic carbocycles. The van der Waals surface area contributed by atoms with Crippen LogP contribution in [0.25, 0.3) is 0 Å². The smallest absolute Gasteiger partial charge is 0.330 e. The van der Waals surface area contributed by atoms with Gasteiger partial charge in [-0.05, 0) is 55.3 Å². The molecule has 0 bridgehead atoms. The monoisotopic (exact) mass is 343 g/mol. The molecule has 0 spiro atoms. The first-order valence-electron chi connectivity index (χ1n) is 8.11. The van der Waals surface area contributed by atoms with Crippen molar-refractivity contribution < 1.29 is 18.7 Å². The molecule has 0 aliphatic rings. The first-order valence-corrected chi connectivity index (χ1v) is 8.11. The third-order valence-electron chi connectivity index (χ3n) is 3.62. The summed E-state index contributed by atoms with van der Waals surface area (Å²) < 4.78 is 23.2. The topological polar surface area (TPSA) is 47.6 Å². The van der Waals surface area contributed by atoms with Gasteiger partial charge in [0.15, 0.2) is 0 Å². The number of ether oxygens (including phenoxy) is 2. The summed E-state index contributed by atoms with van der Waals surface area (Å²) in [7, 11) is 1.62. The predicted molar refractivity (Wildman–Crippen MR) is 96.1 cm³/mol. The number of carbonyl (C=O) groups excluding carboxylic acids is 1.